The Morgan fingerprint density at radius 2 is 1.25 bits per heavy atom. The van der Waals surface area contributed by atoms with Gasteiger partial charge >= 0.3 is 0 Å². The number of rotatable bonds is 12. The number of nitrogens with zero attached hydrogens (tertiary/aromatic N) is 8. The van der Waals surface area contributed by atoms with Crippen LogP contribution in [0, 0.1) is 13.8 Å². The summed E-state index contributed by atoms with van der Waals surface area (Å²) in [5.74, 6) is 0.994. The highest BCUT2D eigenvalue weighted by atomic mass is 35.5. The average Bonchev–Trinajstić information content (AvgIpc) is 2.98. The molecule has 22 heteroatoms. The molecular formula is C26H32Cl2N12O6S2. The van der Waals surface area contributed by atoms with Crippen LogP contribution < -0.4 is 26.3 Å². The van der Waals surface area contributed by atoms with E-state index >= 15 is 0 Å². The minimum Gasteiger partial charge on any atom is -0.353 e. The van der Waals surface area contributed by atoms with Gasteiger partial charge in [-0.2, -0.15) is 38.3 Å². The van der Waals surface area contributed by atoms with Crippen LogP contribution in [0.5, 0.6) is 0 Å². The molecule has 0 unspecified atom stereocenters. The van der Waals surface area contributed by atoms with E-state index in [1.165, 1.54) is 18.2 Å². The molecule has 258 valence electrons. The van der Waals surface area contributed by atoms with Gasteiger partial charge < -0.3 is 34.5 Å². The summed E-state index contributed by atoms with van der Waals surface area (Å²) in [5.41, 5.74) is 5.21. The summed E-state index contributed by atoms with van der Waals surface area (Å²) in [6.07, 6.45) is 0. The molecule has 3 heterocycles. The van der Waals surface area contributed by atoms with Gasteiger partial charge in [0, 0.05) is 50.6 Å². The molecule has 2 aromatic carbocycles. The van der Waals surface area contributed by atoms with Crippen LogP contribution in [0.3, 0.4) is 0 Å². The molecule has 0 aliphatic carbocycles. The lowest BCUT2D eigenvalue weighted by molar-refractivity contribution is 0.179. The Kier molecular flexibility index (Phi) is 11.0. The second-order valence-corrected chi connectivity index (χ2v) is 14.0. The third-order valence-corrected chi connectivity index (χ3v) is 9.35. The molecule has 0 saturated carbocycles. The lowest BCUT2D eigenvalue weighted by atomic mass is 10.2. The summed E-state index contributed by atoms with van der Waals surface area (Å²) in [7, 11) is -8.17. The maximum absolute atomic E-state index is 11.5. The number of aromatic nitrogens is 6. The van der Waals surface area contributed by atoms with Crippen molar-refractivity contribution >= 4 is 79.4 Å². The highest BCUT2D eigenvalue weighted by molar-refractivity contribution is 8.19. The van der Waals surface area contributed by atoms with Gasteiger partial charge in [0.05, 0.1) is 9.79 Å². The lowest BCUT2D eigenvalue weighted by Crippen LogP contribution is -2.53. The number of hydrazine groups is 1. The van der Waals surface area contributed by atoms with Crippen molar-refractivity contribution in [2.45, 2.75) is 23.6 Å². The number of hydrogen-bond donors (Lipinski definition) is 8. The van der Waals surface area contributed by atoms with Crippen molar-refractivity contribution in [1.29, 1.82) is 0 Å². The van der Waals surface area contributed by atoms with Gasteiger partial charge in [-0.05, 0) is 84.6 Å². The van der Waals surface area contributed by atoms with E-state index in [0.29, 0.717) is 67.7 Å². The van der Waals surface area contributed by atoms with Crippen LogP contribution >= 0.6 is 34.1 Å². The van der Waals surface area contributed by atoms with E-state index in [9.17, 15) is 26.6 Å². The maximum Gasteiger partial charge on any atom is 0.294 e. The lowest BCUT2D eigenvalue weighted by Gasteiger charge is -2.34. The summed E-state index contributed by atoms with van der Waals surface area (Å²) < 4.78 is 60.9. The molecule has 18 nitrogen and oxygen atoms in total. The number of piperazine rings is 1. The summed E-state index contributed by atoms with van der Waals surface area (Å²) >= 11 is 12.3. The Hall–Kier alpha value is -3.70. The van der Waals surface area contributed by atoms with Gasteiger partial charge in [0.1, 0.15) is 10.9 Å². The second kappa shape index (κ2) is 14.8. The molecule has 0 radical (unpaired) electrons. The van der Waals surface area contributed by atoms with Gasteiger partial charge in [-0.3, -0.25) is 9.98 Å². The van der Waals surface area contributed by atoms with E-state index in [4.69, 9.17) is 23.2 Å². The third kappa shape index (κ3) is 9.47. The standard InChI is InChI=1S/C26H32Cl2N12O6S2/c1-15-13-17(3-5-19(15)47(41,42)43)31-24-34-21(27)33-23(37-24)29-7-8-30-40-11-9-39(10-12-40)26-36-22(28)35-25(38-26)32-18-4-6-20(16(2)14-18)48(44,45)46/h3-6,13-14,30,41-43H,7-12H2,1-2H3,(H,44,45,46)(H,32,35,36,38)(H2,29,31,33,34,37). The zero-order valence-corrected chi connectivity index (χ0v) is 28.6. The van der Waals surface area contributed by atoms with Crippen molar-refractivity contribution in [3.05, 3.63) is 58.1 Å². The number of nitrogens with one attached hydrogen (secondary N) is 4. The average molecular weight is 744 g/mol. The van der Waals surface area contributed by atoms with Crippen LogP contribution in [-0.4, -0.2) is 101 Å². The van der Waals surface area contributed by atoms with E-state index < -0.39 is 21.0 Å². The minimum absolute atomic E-state index is 0.00716. The Bertz CT molecular complexity index is 1900. The quantitative estimate of drug-likeness (QED) is 0.0753. The monoisotopic (exact) mass is 742 g/mol. The molecule has 0 amide bonds. The Morgan fingerprint density at radius 1 is 0.708 bits per heavy atom. The topological polar surface area (TPSA) is 247 Å². The van der Waals surface area contributed by atoms with Gasteiger partial charge in [-0.25, -0.2) is 5.01 Å². The van der Waals surface area contributed by atoms with Crippen molar-refractivity contribution < 1.29 is 26.6 Å². The van der Waals surface area contributed by atoms with E-state index in [-0.39, 0.29) is 38.2 Å². The van der Waals surface area contributed by atoms with Crippen LogP contribution in [-0.2, 0) is 10.1 Å². The van der Waals surface area contributed by atoms with E-state index in [0.717, 1.165) is 0 Å². The number of aryl methyl sites for hydroxylation is 2. The van der Waals surface area contributed by atoms with E-state index in [1.54, 1.807) is 32.0 Å². The molecule has 48 heavy (non-hydrogen) atoms. The summed E-state index contributed by atoms with van der Waals surface area (Å²) in [4.78, 5) is 27.2. The Labute approximate surface area is 287 Å². The van der Waals surface area contributed by atoms with Crippen LogP contribution in [0.2, 0.25) is 10.6 Å². The SMILES string of the molecule is Cc1cc(Nc2nc(Cl)nc(NCCNN3CCN(c4nc(Cl)nc(Nc5ccc(S(=O)(=O)O)c(C)c5)n4)CC3)n2)ccc1S(O)(O)O. The number of halogens is 2. The fourth-order valence-electron chi connectivity index (χ4n) is 4.78. The molecule has 8 N–H and O–H groups in total. The maximum atomic E-state index is 11.5. The molecule has 0 bridgehead atoms. The Balaban J connectivity index is 1.10. The molecule has 1 aliphatic heterocycles. The number of anilines is 6. The van der Waals surface area contributed by atoms with Crippen molar-refractivity contribution in [2.75, 3.05) is 60.1 Å². The molecule has 4 aromatic rings. The van der Waals surface area contributed by atoms with Gasteiger partial charge in [0.2, 0.25) is 34.4 Å². The first-order valence-corrected chi connectivity index (χ1v) is 17.9. The van der Waals surface area contributed by atoms with Crippen LogP contribution in [0.15, 0.2) is 46.2 Å². The molecule has 1 fully saturated rings. The van der Waals surface area contributed by atoms with Crippen LogP contribution in [0.25, 0.3) is 0 Å². The van der Waals surface area contributed by atoms with E-state index in [2.05, 4.69) is 56.3 Å². The van der Waals surface area contributed by atoms with Crippen molar-refractivity contribution in [1.82, 2.24) is 40.3 Å². The zero-order chi connectivity index (χ0) is 34.6. The third-order valence-electron chi connectivity index (χ3n) is 6.95. The first-order chi connectivity index (χ1) is 22.6. The van der Waals surface area contributed by atoms with Gasteiger partial charge in [0.15, 0.2) is 0 Å². The van der Waals surface area contributed by atoms with Gasteiger partial charge in [0.25, 0.3) is 10.1 Å². The molecule has 0 spiro atoms. The van der Waals surface area contributed by atoms with E-state index in [1.807, 2.05) is 4.90 Å². The molecule has 5 rings (SSSR count). The minimum atomic E-state index is -4.34. The van der Waals surface area contributed by atoms with Gasteiger partial charge in [-0.1, -0.05) is 0 Å². The summed E-state index contributed by atoms with van der Waals surface area (Å²) in [6, 6.07) is 8.87. The largest absolute Gasteiger partial charge is 0.353 e. The molecule has 0 atom stereocenters. The van der Waals surface area contributed by atoms with Crippen molar-refractivity contribution in [3.8, 4) is 0 Å². The van der Waals surface area contributed by atoms with Crippen LogP contribution in [0.4, 0.5) is 35.2 Å². The predicted octanol–water partition coefficient (Wildman–Crippen LogP) is 4.04. The molecule has 2 aromatic heterocycles. The number of benzene rings is 2. The molecule has 1 aliphatic rings. The van der Waals surface area contributed by atoms with Gasteiger partial charge in [-0.15, -0.1) is 0 Å². The first kappa shape index (κ1) is 35.6. The predicted molar refractivity (Wildman–Crippen MR) is 182 cm³/mol. The molecular weight excluding hydrogens is 711 g/mol. The first-order valence-electron chi connectivity index (χ1n) is 14.2. The highest BCUT2D eigenvalue weighted by Crippen LogP contribution is 2.45. The van der Waals surface area contributed by atoms with Crippen molar-refractivity contribution in [3.63, 3.8) is 0 Å². The van der Waals surface area contributed by atoms with Crippen molar-refractivity contribution in [2.24, 2.45) is 0 Å². The summed E-state index contributed by atoms with van der Waals surface area (Å²) in [5, 5.41) is 11.1. The zero-order valence-electron chi connectivity index (χ0n) is 25.5. The van der Waals surface area contributed by atoms with Crippen LogP contribution in [0.1, 0.15) is 11.1 Å². The smallest absolute Gasteiger partial charge is 0.294 e. The fourth-order valence-corrected chi connectivity index (χ4v) is 6.55. The molecule has 1 saturated heterocycles. The normalized spacial score (nSPS) is 14.5. The number of hydrogen-bond acceptors (Lipinski definition) is 17. The summed E-state index contributed by atoms with van der Waals surface area (Å²) in [6.45, 7) is 6.69. The fraction of sp³-hybridized carbons (Fsp3) is 0.308. The second-order valence-electron chi connectivity index (χ2n) is 10.5. The Morgan fingerprint density at radius 3 is 1.81 bits per heavy atom. The highest BCUT2D eigenvalue weighted by Gasteiger charge is 2.21.